The van der Waals surface area contributed by atoms with E-state index in [1.165, 1.54) is 7.11 Å². The van der Waals surface area contributed by atoms with E-state index in [9.17, 15) is 14.4 Å². The summed E-state index contributed by atoms with van der Waals surface area (Å²) in [4.78, 5) is 48.0. The molecular formula is C23H28Cl2N8O5S. The summed E-state index contributed by atoms with van der Waals surface area (Å²) in [6.07, 6.45) is 3.76. The number of methoxy groups -OCH3 is 1. The van der Waals surface area contributed by atoms with Crippen molar-refractivity contribution in [2.45, 2.75) is 32.4 Å². The molecule has 39 heavy (non-hydrogen) atoms. The molecule has 1 saturated heterocycles. The minimum Gasteiger partial charge on any atom is -0.462 e. The number of amides is 2. The molecule has 3 N–H and O–H groups in total. The lowest BCUT2D eigenvalue weighted by molar-refractivity contribution is 0.0527. The molecule has 13 nitrogen and oxygen atoms in total. The van der Waals surface area contributed by atoms with E-state index < -0.39 is 17.8 Å². The second-order valence-electron chi connectivity index (χ2n) is 8.66. The number of rotatable bonds is 10. The zero-order chi connectivity index (χ0) is 28.1. The molecule has 0 radical (unpaired) electrons. The van der Waals surface area contributed by atoms with Gasteiger partial charge in [0.25, 0.3) is 11.8 Å². The first-order valence-corrected chi connectivity index (χ1v) is 13.7. The summed E-state index contributed by atoms with van der Waals surface area (Å²) < 4.78 is 11.8. The Balaban J connectivity index is 1.57. The van der Waals surface area contributed by atoms with Crippen LogP contribution < -0.4 is 15.5 Å². The Bertz CT molecular complexity index is 1330. The maximum Gasteiger partial charge on any atom is 0.350 e. The number of anilines is 1. The Hall–Kier alpha value is -3.20. The highest BCUT2D eigenvalue weighted by atomic mass is 35.5. The number of ether oxygens (including phenoxy) is 2. The van der Waals surface area contributed by atoms with Crippen LogP contribution in [0.25, 0.3) is 0 Å². The van der Waals surface area contributed by atoms with Crippen molar-refractivity contribution in [3.8, 4) is 0 Å². The lowest BCUT2D eigenvalue weighted by Crippen LogP contribution is -2.52. The third-order valence-corrected chi connectivity index (χ3v) is 8.16. The number of H-pyrrole nitrogens is 1. The monoisotopic (exact) mass is 598 g/mol. The van der Waals surface area contributed by atoms with Gasteiger partial charge in [-0.1, -0.05) is 39.8 Å². The zero-order valence-electron chi connectivity index (χ0n) is 21.5. The van der Waals surface area contributed by atoms with Gasteiger partial charge in [0, 0.05) is 38.6 Å². The van der Waals surface area contributed by atoms with Crippen molar-refractivity contribution in [2.24, 2.45) is 0 Å². The quantitative estimate of drug-likeness (QED) is 0.235. The van der Waals surface area contributed by atoms with Crippen molar-refractivity contribution in [3.05, 3.63) is 44.4 Å². The topological polar surface area (TPSA) is 156 Å². The lowest BCUT2D eigenvalue weighted by atomic mass is 9.99. The number of aromatic amines is 1. The summed E-state index contributed by atoms with van der Waals surface area (Å²) in [7, 11) is 1.53. The summed E-state index contributed by atoms with van der Waals surface area (Å²) in [5.41, 5.74) is 0.769. The number of hydrogen-bond acceptors (Lipinski definition) is 10. The van der Waals surface area contributed by atoms with Crippen LogP contribution in [0.5, 0.6) is 0 Å². The molecule has 2 atom stereocenters. The van der Waals surface area contributed by atoms with Crippen molar-refractivity contribution in [1.82, 2.24) is 35.6 Å². The Kier molecular flexibility index (Phi) is 9.43. The number of piperidine rings is 1. The average Bonchev–Trinajstić information content (AvgIpc) is 3.66. The SMILES string of the molecule is CCOC(=O)c1sc(N2CC[C@@H](NC(=O)c3[nH]c(C)c(Cl)c3Cl)[C@@H](n3ccnn3)C2)nc1C(=O)NCCOC. The molecule has 4 rings (SSSR count). The van der Waals surface area contributed by atoms with E-state index in [1.807, 2.05) is 4.90 Å². The molecule has 0 spiro atoms. The number of nitrogens with one attached hydrogen (secondary N) is 3. The Morgan fingerprint density at radius 3 is 2.69 bits per heavy atom. The minimum absolute atomic E-state index is 0.00841. The number of esters is 1. The van der Waals surface area contributed by atoms with E-state index in [2.05, 4.69) is 30.9 Å². The van der Waals surface area contributed by atoms with Crippen molar-refractivity contribution in [1.29, 1.82) is 0 Å². The number of hydrogen-bond donors (Lipinski definition) is 3. The van der Waals surface area contributed by atoms with E-state index >= 15 is 0 Å². The molecule has 0 aromatic carbocycles. The first-order chi connectivity index (χ1) is 18.7. The van der Waals surface area contributed by atoms with Gasteiger partial charge in [-0.3, -0.25) is 9.59 Å². The Morgan fingerprint density at radius 1 is 1.26 bits per heavy atom. The third-order valence-electron chi connectivity index (χ3n) is 6.11. The van der Waals surface area contributed by atoms with Crippen LogP contribution in [0.1, 0.15) is 55.7 Å². The maximum absolute atomic E-state index is 13.1. The van der Waals surface area contributed by atoms with Gasteiger partial charge in [-0.15, -0.1) is 5.10 Å². The fourth-order valence-corrected chi connectivity index (χ4v) is 5.60. The molecule has 1 aliphatic heterocycles. The van der Waals surface area contributed by atoms with Crippen LogP contribution in [-0.2, 0) is 9.47 Å². The first kappa shape index (κ1) is 28.8. The number of halogens is 2. The molecule has 16 heteroatoms. The number of thiazole rings is 1. The summed E-state index contributed by atoms with van der Waals surface area (Å²) in [6, 6.07) is -0.681. The van der Waals surface area contributed by atoms with E-state index in [4.69, 9.17) is 32.7 Å². The predicted octanol–water partition coefficient (Wildman–Crippen LogP) is 2.48. The van der Waals surface area contributed by atoms with Crippen molar-refractivity contribution in [3.63, 3.8) is 0 Å². The van der Waals surface area contributed by atoms with Crippen LogP contribution in [-0.4, -0.2) is 88.7 Å². The molecule has 2 amide bonds. The molecule has 0 bridgehead atoms. The molecule has 4 heterocycles. The third kappa shape index (κ3) is 6.35. The van der Waals surface area contributed by atoms with Gasteiger partial charge in [-0.05, 0) is 20.3 Å². The Labute approximate surface area is 238 Å². The fraction of sp³-hybridized carbons (Fsp3) is 0.478. The Morgan fingerprint density at radius 2 is 2.05 bits per heavy atom. The highest BCUT2D eigenvalue weighted by Gasteiger charge is 2.36. The second kappa shape index (κ2) is 12.8. The highest BCUT2D eigenvalue weighted by molar-refractivity contribution is 7.17. The standard InChI is InChI=1S/C23H28Cl2N8O5S/c1-4-38-22(36)19-18(20(34)26-7-10-37-3)30-23(39-19)32-8-5-13(14(11-32)33-9-6-27-31-33)29-21(35)17-16(25)15(24)12(2)28-17/h6,9,13-14,28H,4-5,7-8,10-11H2,1-3H3,(H,26,34)(H,29,35)/t13-,14+/m1/s1. The molecule has 3 aromatic heterocycles. The molecular weight excluding hydrogens is 571 g/mol. The highest BCUT2D eigenvalue weighted by Crippen LogP contribution is 2.33. The van der Waals surface area contributed by atoms with Crippen LogP contribution in [0.2, 0.25) is 10.0 Å². The molecule has 3 aromatic rings. The van der Waals surface area contributed by atoms with Crippen LogP contribution in [0, 0.1) is 6.92 Å². The summed E-state index contributed by atoms with van der Waals surface area (Å²) >= 11 is 13.5. The summed E-state index contributed by atoms with van der Waals surface area (Å²) in [6.45, 7) is 5.00. The average molecular weight is 600 g/mol. The van der Waals surface area contributed by atoms with Gasteiger partial charge in [0.2, 0.25) is 0 Å². The number of nitrogens with zero attached hydrogens (tertiary/aromatic N) is 5. The van der Waals surface area contributed by atoms with E-state index in [0.717, 1.165) is 11.3 Å². The molecule has 0 unspecified atom stereocenters. The van der Waals surface area contributed by atoms with Crippen molar-refractivity contribution >= 4 is 57.5 Å². The van der Waals surface area contributed by atoms with E-state index in [0.29, 0.717) is 42.0 Å². The van der Waals surface area contributed by atoms with Gasteiger partial charge >= 0.3 is 5.97 Å². The molecule has 1 aliphatic rings. The van der Waals surface area contributed by atoms with Gasteiger partial charge < -0.3 is 30.0 Å². The van der Waals surface area contributed by atoms with Crippen LogP contribution >= 0.6 is 34.5 Å². The number of aryl methyl sites for hydroxylation is 1. The smallest absolute Gasteiger partial charge is 0.350 e. The summed E-state index contributed by atoms with van der Waals surface area (Å²) in [5.74, 6) is -1.51. The first-order valence-electron chi connectivity index (χ1n) is 12.1. The van der Waals surface area contributed by atoms with Crippen LogP contribution in [0.3, 0.4) is 0 Å². The molecule has 0 saturated carbocycles. The molecule has 1 fully saturated rings. The fourth-order valence-electron chi connectivity index (χ4n) is 4.19. The van der Waals surface area contributed by atoms with Gasteiger partial charge in [0.15, 0.2) is 10.8 Å². The minimum atomic E-state index is -0.620. The van der Waals surface area contributed by atoms with E-state index in [1.54, 1.807) is 30.9 Å². The second-order valence-corrected chi connectivity index (χ2v) is 10.4. The maximum atomic E-state index is 13.1. The van der Waals surface area contributed by atoms with Gasteiger partial charge in [0.05, 0.1) is 41.5 Å². The zero-order valence-corrected chi connectivity index (χ0v) is 23.8. The van der Waals surface area contributed by atoms with Crippen LogP contribution in [0.4, 0.5) is 5.13 Å². The van der Waals surface area contributed by atoms with Gasteiger partial charge in [0.1, 0.15) is 10.6 Å². The lowest BCUT2D eigenvalue weighted by Gasteiger charge is -2.38. The van der Waals surface area contributed by atoms with Crippen LogP contribution in [0.15, 0.2) is 12.4 Å². The normalized spacial score (nSPS) is 17.2. The summed E-state index contributed by atoms with van der Waals surface area (Å²) in [5, 5.41) is 14.7. The van der Waals surface area contributed by atoms with Gasteiger partial charge in [-0.2, -0.15) is 0 Å². The van der Waals surface area contributed by atoms with Gasteiger partial charge in [-0.25, -0.2) is 14.5 Å². The number of carbonyl (C=O) groups excluding carboxylic acids is 3. The predicted molar refractivity (Wildman–Crippen MR) is 145 cm³/mol. The largest absolute Gasteiger partial charge is 0.462 e. The van der Waals surface area contributed by atoms with Crippen molar-refractivity contribution in [2.75, 3.05) is 44.9 Å². The number of carbonyl (C=O) groups is 3. The van der Waals surface area contributed by atoms with E-state index in [-0.39, 0.29) is 46.5 Å². The molecule has 0 aliphatic carbocycles. The molecule has 210 valence electrons. The number of aromatic nitrogens is 5. The van der Waals surface area contributed by atoms with Crippen molar-refractivity contribution < 1.29 is 23.9 Å².